The van der Waals surface area contributed by atoms with Crippen molar-refractivity contribution in [1.82, 2.24) is 0 Å². The number of carbonyl (C=O) groups excluding carboxylic acids is 1. The van der Waals surface area contributed by atoms with Crippen molar-refractivity contribution in [2.45, 2.75) is 69.2 Å². The molecule has 18 heavy (non-hydrogen) atoms. The Labute approximate surface area is 109 Å². The monoisotopic (exact) mass is 250 g/mol. The van der Waals surface area contributed by atoms with Gasteiger partial charge in [0.05, 0.1) is 12.2 Å². The lowest BCUT2D eigenvalue weighted by Crippen LogP contribution is -2.47. The summed E-state index contributed by atoms with van der Waals surface area (Å²) in [6.45, 7) is 3.53. The maximum absolute atomic E-state index is 11.7. The molecule has 100 valence electrons. The summed E-state index contributed by atoms with van der Waals surface area (Å²) in [6.07, 6.45) is 11.0. The van der Waals surface area contributed by atoms with Gasteiger partial charge >= 0.3 is 5.97 Å². The summed E-state index contributed by atoms with van der Waals surface area (Å²) >= 11 is 0. The molecule has 3 aliphatic rings. The summed E-state index contributed by atoms with van der Waals surface area (Å²) in [4.78, 5) is 11.7. The van der Waals surface area contributed by atoms with E-state index in [2.05, 4.69) is 6.58 Å². The molecule has 0 aromatic rings. The highest BCUT2D eigenvalue weighted by Crippen LogP contribution is 2.50. The quantitative estimate of drug-likeness (QED) is 0.570. The summed E-state index contributed by atoms with van der Waals surface area (Å²) in [5, 5.41) is 0. The Morgan fingerprint density at radius 1 is 1.28 bits per heavy atom. The maximum atomic E-state index is 11.7. The van der Waals surface area contributed by atoms with Crippen LogP contribution in [0.1, 0.15) is 51.4 Å². The van der Waals surface area contributed by atoms with Crippen molar-refractivity contribution in [3.05, 3.63) is 12.7 Å². The third-order valence-electron chi connectivity index (χ3n) is 4.95. The van der Waals surface area contributed by atoms with Crippen LogP contribution in [0.2, 0.25) is 0 Å². The molecule has 2 aliphatic heterocycles. The second kappa shape index (κ2) is 4.69. The van der Waals surface area contributed by atoms with Gasteiger partial charge in [-0.25, -0.2) is 4.79 Å². The molecule has 0 radical (unpaired) electrons. The van der Waals surface area contributed by atoms with Gasteiger partial charge in [-0.3, -0.25) is 0 Å². The number of carbonyl (C=O) groups is 1. The number of esters is 1. The lowest BCUT2D eigenvalue weighted by atomic mass is 9.69. The highest BCUT2D eigenvalue weighted by atomic mass is 16.6. The highest BCUT2D eigenvalue weighted by molar-refractivity contribution is 5.81. The fourth-order valence-electron chi connectivity index (χ4n) is 4.13. The minimum Gasteiger partial charge on any atom is -0.456 e. The van der Waals surface area contributed by atoms with Gasteiger partial charge in [0, 0.05) is 12.0 Å². The SMILES string of the molecule is C=CC(=O)OC1(C2CC3CCC2O3)CCCCC1. The van der Waals surface area contributed by atoms with Crippen LogP contribution in [-0.2, 0) is 14.3 Å². The average molecular weight is 250 g/mol. The lowest BCUT2D eigenvalue weighted by Gasteiger charge is -2.43. The molecule has 2 heterocycles. The summed E-state index contributed by atoms with van der Waals surface area (Å²) < 4.78 is 11.8. The molecular weight excluding hydrogens is 228 g/mol. The lowest BCUT2D eigenvalue weighted by molar-refractivity contribution is -0.168. The fourth-order valence-corrected chi connectivity index (χ4v) is 4.13. The van der Waals surface area contributed by atoms with Crippen LogP contribution < -0.4 is 0 Å². The minimum absolute atomic E-state index is 0.261. The normalized spacial score (nSPS) is 37.4. The predicted octanol–water partition coefficient (Wildman–Crippen LogP) is 2.99. The van der Waals surface area contributed by atoms with Crippen LogP contribution in [0.3, 0.4) is 0 Å². The van der Waals surface area contributed by atoms with Crippen LogP contribution in [0.5, 0.6) is 0 Å². The Kier molecular flexibility index (Phi) is 3.18. The molecule has 1 aliphatic carbocycles. The molecule has 3 fully saturated rings. The molecule has 0 aromatic heterocycles. The van der Waals surface area contributed by atoms with Crippen molar-refractivity contribution in [1.29, 1.82) is 0 Å². The van der Waals surface area contributed by atoms with Crippen molar-refractivity contribution in [2.75, 3.05) is 0 Å². The Hall–Kier alpha value is -0.830. The molecule has 3 nitrogen and oxygen atoms in total. The van der Waals surface area contributed by atoms with Gasteiger partial charge in [-0.15, -0.1) is 0 Å². The van der Waals surface area contributed by atoms with Crippen LogP contribution in [0.25, 0.3) is 0 Å². The Balaban J connectivity index is 1.80. The zero-order valence-corrected chi connectivity index (χ0v) is 10.9. The van der Waals surface area contributed by atoms with Gasteiger partial charge in [-0.05, 0) is 44.9 Å². The third-order valence-corrected chi connectivity index (χ3v) is 4.95. The first-order valence-electron chi connectivity index (χ1n) is 7.24. The van der Waals surface area contributed by atoms with Crippen LogP contribution in [0, 0.1) is 5.92 Å². The van der Waals surface area contributed by atoms with E-state index in [4.69, 9.17) is 9.47 Å². The number of rotatable bonds is 3. The van der Waals surface area contributed by atoms with Crippen molar-refractivity contribution in [2.24, 2.45) is 5.92 Å². The molecule has 2 saturated heterocycles. The summed E-state index contributed by atoms with van der Waals surface area (Å²) in [5.74, 6) is 0.153. The van der Waals surface area contributed by atoms with E-state index in [0.717, 1.165) is 38.5 Å². The van der Waals surface area contributed by atoms with Gasteiger partial charge in [0.25, 0.3) is 0 Å². The first kappa shape index (κ1) is 12.2. The van der Waals surface area contributed by atoms with Crippen LogP contribution in [-0.4, -0.2) is 23.8 Å². The molecule has 3 heteroatoms. The van der Waals surface area contributed by atoms with E-state index in [0.29, 0.717) is 18.1 Å². The first-order chi connectivity index (χ1) is 8.73. The molecule has 3 unspecified atom stereocenters. The fraction of sp³-hybridized carbons (Fsp3) is 0.800. The zero-order valence-electron chi connectivity index (χ0n) is 10.9. The summed E-state index contributed by atoms with van der Waals surface area (Å²) in [5.41, 5.74) is -0.261. The molecule has 0 aromatic carbocycles. The molecule has 0 amide bonds. The van der Waals surface area contributed by atoms with Crippen molar-refractivity contribution >= 4 is 5.97 Å². The van der Waals surface area contributed by atoms with Crippen molar-refractivity contribution < 1.29 is 14.3 Å². The maximum Gasteiger partial charge on any atom is 0.330 e. The molecule has 0 N–H and O–H groups in total. The molecule has 2 bridgehead atoms. The van der Waals surface area contributed by atoms with E-state index in [9.17, 15) is 4.79 Å². The standard InChI is InChI=1S/C15H22O3/c1-2-14(16)18-15(8-4-3-5-9-15)12-10-11-6-7-13(12)17-11/h2,11-13H,1,3-10H2. The Bertz CT molecular complexity index is 344. The smallest absolute Gasteiger partial charge is 0.330 e. The first-order valence-corrected chi connectivity index (χ1v) is 7.24. The van der Waals surface area contributed by atoms with Gasteiger partial charge in [0.15, 0.2) is 0 Å². The number of ether oxygens (including phenoxy) is 2. The van der Waals surface area contributed by atoms with E-state index in [1.807, 2.05) is 0 Å². The van der Waals surface area contributed by atoms with Crippen molar-refractivity contribution in [3.63, 3.8) is 0 Å². The molecular formula is C15H22O3. The zero-order chi connectivity index (χ0) is 12.6. The molecule has 3 atom stereocenters. The molecule has 0 spiro atoms. The van der Waals surface area contributed by atoms with Crippen LogP contribution >= 0.6 is 0 Å². The predicted molar refractivity (Wildman–Crippen MR) is 68.1 cm³/mol. The summed E-state index contributed by atoms with van der Waals surface area (Å²) in [7, 11) is 0. The topological polar surface area (TPSA) is 35.5 Å². The Morgan fingerprint density at radius 2 is 2.06 bits per heavy atom. The van der Waals surface area contributed by atoms with E-state index in [1.165, 1.54) is 18.9 Å². The van der Waals surface area contributed by atoms with E-state index in [-0.39, 0.29) is 11.6 Å². The highest BCUT2D eigenvalue weighted by Gasteiger charge is 2.53. The molecule has 3 rings (SSSR count). The Morgan fingerprint density at radius 3 is 2.61 bits per heavy atom. The summed E-state index contributed by atoms with van der Waals surface area (Å²) in [6, 6.07) is 0. The van der Waals surface area contributed by atoms with Gasteiger partial charge < -0.3 is 9.47 Å². The van der Waals surface area contributed by atoms with Crippen LogP contribution in [0.4, 0.5) is 0 Å². The number of fused-ring (bicyclic) bond motifs is 2. The van der Waals surface area contributed by atoms with E-state index < -0.39 is 0 Å². The second-order valence-corrected chi connectivity index (χ2v) is 5.97. The minimum atomic E-state index is -0.264. The van der Waals surface area contributed by atoms with Gasteiger partial charge in [-0.2, -0.15) is 0 Å². The van der Waals surface area contributed by atoms with Crippen LogP contribution in [0.15, 0.2) is 12.7 Å². The third kappa shape index (κ3) is 1.99. The second-order valence-electron chi connectivity index (χ2n) is 5.97. The van der Waals surface area contributed by atoms with E-state index >= 15 is 0 Å². The van der Waals surface area contributed by atoms with E-state index in [1.54, 1.807) is 0 Å². The average Bonchev–Trinajstić information content (AvgIpc) is 3.02. The number of hydrogen-bond donors (Lipinski definition) is 0. The van der Waals surface area contributed by atoms with Gasteiger partial charge in [-0.1, -0.05) is 13.0 Å². The van der Waals surface area contributed by atoms with Gasteiger partial charge in [0.1, 0.15) is 5.60 Å². The molecule has 1 saturated carbocycles. The largest absolute Gasteiger partial charge is 0.456 e. The number of hydrogen-bond acceptors (Lipinski definition) is 3. The van der Waals surface area contributed by atoms with Gasteiger partial charge in [0.2, 0.25) is 0 Å². The van der Waals surface area contributed by atoms with Crippen molar-refractivity contribution in [3.8, 4) is 0 Å².